The topological polar surface area (TPSA) is 35.6 Å². The smallest absolute Gasteiger partial charge is 0.236 e. The predicted octanol–water partition coefficient (Wildman–Crippen LogP) is 2.42. The molecule has 0 aliphatic carbocycles. The molecule has 23 heavy (non-hydrogen) atoms. The van der Waals surface area contributed by atoms with Gasteiger partial charge in [-0.2, -0.15) is 0 Å². The first kappa shape index (κ1) is 17.9. The molecule has 1 fully saturated rings. The fourth-order valence-corrected chi connectivity index (χ4v) is 3.15. The highest BCUT2D eigenvalue weighted by Gasteiger charge is 2.27. The quantitative estimate of drug-likeness (QED) is 0.838. The highest BCUT2D eigenvalue weighted by atomic mass is 19.1. The van der Waals surface area contributed by atoms with Gasteiger partial charge in [-0.3, -0.25) is 9.69 Å². The van der Waals surface area contributed by atoms with Crippen molar-refractivity contribution in [3.63, 3.8) is 0 Å². The summed E-state index contributed by atoms with van der Waals surface area (Å²) in [7, 11) is 0. The van der Waals surface area contributed by atoms with Crippen molar-refractivity contribution in [2.75, 3.05) is 39.3 Å². The minimum atomic E-state index is -0.224. The molecule has 1 aliphatic rings. The molecule has 1 aromatic rings. The number of nitrogens with zero attached hydrogens (tertiary/aromatic N) is 2. The molecule has 128 valence electrons. The van der Waals surface area contributed by atoms with E-state index in [4.69, 9.17) is 0 Å². The summed E-state index contributed by atoms with van der Waals surface area (Å²) in [6.07, 6.45) is 1.95. The summed E-state index contributed by atoms with van der Waals surface area (Å²) in [5, 5.41) is 3.35. The number of amides is 1. The van der Waals surface area contributed by atoms with Gasteiger partial charge in [0, 0.05) is 38.8 Å². The van der Waals surface area contributed by atoms with E-state index >= 15 is 0 Å². The summed E-state index contributed by atoms with van der Waals surface area (Å²) in [6, 6.07) is 6.76. The Morgan fingerprint density at radius 3 is 2.74 bits per heavy atom. The van der Waals surface area contributed by atoms with Crippen LogP contribution in [0.2, 0.25) is 0 Å². The lowest BCUT2D eigenvalue weighted by atomic mass is 10.0. The molecule has 1 heterocycles. The Kier molecular flexibility index (Phi) is 6.99. The minimum Gasteiger partial charge on any atom is -0.342 e. The Morgan fingerprint density at radius 2 is 2.09 bits per heavy atom. The van der Waals surface area contributed by atoms with Crippen molar-refractivity contribution in [2.45, 2.75) is 32.7 Å². The minimum absolute atomic E-state index is 0.0495. The molecule has 2 rings (SSSR count). The number of rotatable bonds is 7. The van der Waals surface area contributed by atoms with Crippen molar-refractivity contribution in [2.24, 2.45) is 0 Å². The normalized spacial score (nSPS) is 18.8. The molecule has 0 saturated carbocycles. The van der Waals surface area contributed by atoms with Crippen LogP contribution < -0.4 is 5.32 Å². The van der Waals surface area contributed by atoms with Crippen LogP contribution in [0, 0.1) is 5.82 Å². The molecule has 1 aromatic carbocycles. The van der Waals surface area contributed by atoms with Crippen molar-refractivity contribution in [3.8, 4) is 0 Å². The lowest BCUT2D eigenvalue weighted by Gasteiger charge is -2.37. The first-order valence-electron chi connectivity index (χ1n) is 8.63. The monoisotopic (exact) mass is 321 g/mol. The summed E-state index contributed by atoms with van der Waals surface area (Å²) in [5.74, 6) is -0.0463. The van der Waals surface area contributed by atoms with E-state index in [-0.39, 0.29) is 17.8 Å². The van der Waals surface area contributed by atoms with Gasteiger partial charge in [-0.25, -0.2) is 4.39 Å². The maximum Gasteiger partial charge on any atom is 0.236 e. The molecular weight excluding hydrogens is 293 g/mol. The molecule has 0 aromatic heterocycles. The van der Waals surface area contributed by atoms with Crippen LogP contribution in [0.4, 0.5) is 4.39 Å². The highest BCUT2D eigenvalue weighted by Crippen LogP contribution is 2.22. The number of carbonyl (C=O) groups excluding carboxylic acids is 1. The van der Waals surface area contributed by atoms with Crippen molar-refractivity contribution in [1.82, 2.24) is 15.1 Å². The predicted molar refractivity (Wildman–Crippen MR) is 90.7 cm³/mol. The highest BCUT2D eigenvalue weighted by molar-refractivity contribution is 5.78. The van der Waals surface area contributed by atoms with Gasteiger partial charge in [-0.1, -0.05) is 26.0 Å². The standard InChI is InChI=1S/C18H28FN3O/c1-3-9-21(10-4-2)18(23)14-22-11-8-20-13-17(22)15-6-5-7-16(19)12-15/h5-7,12,17,20H,3-4,8-11,13-14H2,1-2H3. The van der Waals surface area contributed by atoms with Gasteiger partial charge < -0.3 is 10.2 Å². The SMILES string of the molecule is CCCN(CCC)C(=O)CN1CCNCC1c1cccc(F)c1. The third-order valence-electron chi connectivity index (χ3n) is 4.27. The van der Waals surface area contributed by atoms with Crippen molar-refractivity contribution < 1.29 is 9.18 Å². The second kappa shape index (κ2) is 8.99. The molecule has 0 radical (unpaired) electrons. The molecule has 1 atom stereocenters. The van der Waals surface area contributed by atoms with Crippen LogP contribution >= 0.6 is 0 Å². The fraction of sp³-hybridized carbons (Fsp3) is 0.611. The summed E-state index contributed by atoms with van der Waals surface area (Å²) < 4.78 is 13.5. The maximum absolute atomic E-state index is 13.5. The summed E-state index contributed by atoms with van der Waals surface area (Å²) >= 11 is 0. The third-order valence-corrected chi connectivity index (χ3v) is 4.27. The first-order valence-corrected chi connectivity index (χ1v) is 8.63. The fourth-order valence-electron chi connectivity index (χ4n) is 3.15. The molecular formula is C18H28FN3O. The van der Waals surface area contributed by atoms with Crippen LogP contribution in [0.5, 0.6) is 0 Å². The van der Waals surface area contributed by atoms with E-state index in [1.54, 1.807) is 12.1 Å². The lowest BCUT2D eigenvalue weighted by Crippen LogP contribution is -2.50. The Hall–Kier alpha value is -1.46. The second-order valence-corrected chi connectivity index (χ2v) is 6.13. The Labute approximate surface area is 138 Å². The van der Waals surface area contributed by atoms with Crippen molar-refractivity contribution >= 4 is 5.91 Å². The molecule has 1 amide bonds. The second-order valence-electron chi connectivity index (χ2n) is 6.13. The van der Waals surface area contributed by atoms with Crippen LogP contribution in [0.3, 0.4) is 0 Å². The Morgan fingerprint density at radius 1 is 1.35 bits per heavy atom. The number of piperazine rings is 1. The molecule has 1 unspecified atom stereocenters. The van der Waals surface area contributed by atoms with Gasteiger partial charge in [0.1, 0.15) is 5.82 Å². The van der Waals surface area contributed by atoms with Gasteiger partial charge in [-0.05, 0) is 30.5 Å². The Balaban J connectivity index is 2.07. The van der Waals surface area contributed by atoms with E-state index in [1.165, 1.54) is 6.07 Å². The molecule has 5 heteroatoms. The van der Waals surface area contributed by atoms with Crippen LogP contribution in [0.15, 0.2) is 24.3 Å². The average Bonchev–Trinajstić information content (AvgIpc) is 2.55. The average molecular weight is 321 g/mol. The molecule has 1 aliphatic heterocycles. The van der Waals surface area contributed by atoms with Crippen LogP contribution in [-0.4, -0.2) is 55.0 Å². The van der Waals surface area contributed by atoms with E-state index in [2.05, 4.69) is 24.1 Å². The lowest BCUT2D eigenvalue weighted by molar-refractivity contribution is -0.133. The van der Waals surface area contributed by atoms with Crippen molar-refractivity contribution in [3.05, 3.63) is 35.6 Å². The van der Waals surface area contributed by atoms with Crippen LogP contribution in [0.25, 0.3) is 0 Å². The van der Waals surface area contributed by atoms with E-state index in [1.807, 2.05) is 11.0 Å². The van der Waals surface area contributed by atoms with Crippen LogP contribution in [0.1, 0.15) is 38.3 Å². The van der Waals surface area contributed by atoms with Gasteiger partial charge in [-0.15, -0.1) is 0 Å². The maximum atomic E-state index is 13.5. The van der Waals surface area contributed by atoms with Crippen LogP contribution in [-0.2, 0) is 4.79 Å². The summed E-state index contributed by atoms with van der Waals surface area (Å²) in [4.78, 5) is 16.7. The van der Waals surface area contributed by atoms with E-state index in [0.717, 1.165) is 51.1 Å². The van der Waals surface area contributed by atoms with E-state index in [9.17, 15) is 9.18 Å². The summed E-state index contributed by atoms with van der Waals surface area (Å²) in [6.45, 7) is 8.63. The molecule has 0 spiro atoms. The zero-order valence-electron chi connectivity index (χ0n) is 14.2. The Bertz CT molecular complexity index is 503. The summed E-state index contributed by atoms with van der Waals surface area (Å²) in [5.41, 5.74) is 0.933. The van der Waals surface area contributed by atoms with Crippen molar-refractivity contribution in [1.29, 1.82) is 0 Å². The number of carbonyl (C=O) groups is 1. The number of hydrogen-bond donors (Lipinski definition) is 1. The zero-order valence-corrected chi connectivity index (χ0v) is 14.2. The number of hydrogen-bond acceptors (Lipinski definition) is 3. The number of benzene rings is 1. The van der Waals surface area contributed by atoms with Gasteiger partial charge in [0.15, 0.2) is 0 Å². The van der Waals surface area contributed by atoms with Gasteiger partial charge in [0.25, 0.3) is 0 Å². The van der Waals surface area contributed by atoms with Gasteiger partial charge >= 0.3 is 0 Å². The molecule has 4 nitrogen and oxygen atoms in total. The molecule has 0 bridgehead atoms. The molecule has 1 saturated heterocycles. The van der Waals surface area contributed by atoms with E-state index in [0.29, 0.717) is 6.54 Å². The first-order chi connectivity index (χ1) is 11.2. The van der Waals surface area contributed by atoms with E-state index < -0.39 is 0 Å². The van der Waals surface area contributed by atoms with Gasteiger partial charge in [0.05, 0.1) is 6.54 Å². The zero-order chi connectivity index (χ0) is 16.7. The number of nitrogens with one attached hydrogen (secondary N) is 1. The number of halogens is 1. The molecule has 1 N–H and O–H groups in total. The third kappa shape index (κ3) is 5.01. The van der Waals surface area contributed by atoms with Gasteiger partial charge in [0.2, 0.25) is 5.91 Å². The largest absolute Gasteiger partial charge is 0.342 e.